The average molecular weight is 218 g/mol. The van der Waals surface area contributed by atoms with Crippen LogP contribution in [0.4, 0.5) is 0 Å². The van der Waals surface area contributed by atoms with Crippen LogP contribution < -0.4 is 0 Å². The summed E-state index contributed by atoms with van der Waals surface area (Å²) >= 11 is 5.85. The minimum absolute atomic E-state index is 0.520. The van der Waals surface area contributed by atoms with Crippen molar-refractivity contribution in [1.29, 1.82) is 0 Å². The van der Waals surface area contributed by atoms with E-state index in [1.165, 1.54) is 18.5 Å². The van der Waals surface area contributed by atoms with Gasteiger partial charge in [-0.15, -0.1) is 0 Å². The summed E-state index contributed by atoms with van der Waals surface area (Å²) in [5.41, 5.74) is 3.60. The van der Waals surface area contributed by atoms with Crippen LogP contribution in [0.5, 0.6) is 0 Å². The maximum absolute atomic E-state index is 5.85. The van der Waals surface area contributed by atoms with Gasteiger partial charge in [0.1, 0.15) is 0 Å². The predicted octanol–water partition coefficient (Wildman–Crippen LogP) is 3.22. The molecule has 1 aliphatic carbocycles. The Kier molecular flexibility index (Phi) is 2.37. The number of nitrogens with zero attached hydrogens (tertiary/aromatic N) is 1. The van der Waals surface area contributed by atoms with E-state index >= 15 is 0 Å². The molecule has 0 N–H and O–H groups in total. The fourth-order valence-electron chi connectivity index (χ4n) is 2.95. The zero-order valence-electron chi connectivity index (χ0n) is 8.26. The average Bonchev–Trinajstić information content (AvgIpc) is 2.39. The Morgan fingerprint density at radius 2 is 2.23 bits per heavy atom. The number of hydrogen-bond acceptors (Lipinski definition) is 1. The molecular formula is C10H17ClNP. The maximum Gasteiger partial charge on any atom is 0.0311 e. The van der Waals surface area contributed by atoms with Crippen molar-refractivity contribution >= 4 is 21.0 Å². The summed E-state index contributed by atoms with van der Waals surface area (Å²) < 4.78 is 2.23. The predicted molar refractivity (Wildman–Crippen MR) is 60.3 cm³/mol. The minimum atomic E-state index is 0.520. The second-order valence-electron chi connectivity index (χ2n) is 5.13. The van der Waals surface area contributed by atoms with Crippen LogP contribution in [0.2, 0.25) is 0 Å². The van der Waals surface area contributed by atoms with Gasteiger partial charge in [0, 0.05) is 23.7 Å². The van der Waals surface area contributed by atoms with E-state index in [-0.39, 0.29) is 0 Å². The highest BCUT2D eigenvalue weighted by Gasteiger charge is 2.46. The molecule has 1 aliphatic heterocycles. The molecular weight excluding hydrogens is 201 g/mol. The fourth-order valence-corrected chi connectivity index (χ4v) is 3.87. The summed E-state index contributed by atoms with van der Waals surface area (Å²) in [6.07, 6.45) is 2.64. The molecule has 3 heteroatoms. The molecule has 3 atom stereocenters. The van der Waals surface area contributed by atoms with Crippen molar-refractivity contribution in [3.63, 3.8) is 0 Å². The SMILES string of the molecule is CC1(C)CC2CN(P)C(=CCl)C2C1. The Labute approximate surface area is 87.8 Å². The van der Waals surface area contributed by atoms with E-state index in [4.69, 9.17) is 11.6 Å². The lowest BCUT2D eigenvalue weighted by Gasteiger charge is -2.22. The van der Waals surface area contributed by atoms with Crippen LogP contribution in [-0.2, 0) is 0 Å². The monoisotopic (exact) mass is 217 g/mol. The van der Waals surface area contributed by atoms with Gasteiger partial charge in [-0.1, -0.05) is 25.4 Å². The van der Waals surface area contributed by atoms with E-state index in [1.807, 2.05) is 0 Å². The molecule has 2 aliphatic rings. The van der Waals surface area contributed by atoms with Gasteiger partial charge in [-0.2, -0.15) is 0 Å². The number of hydrogen-bond donors (Lipinski definition) is 0. The van der Waals surface area contributed by atoms with Crippen molar-refractivity contribution in [2.24, 2.45) is 17.3 Å². The maximum atomic E-state index is 5.85. The molecule has 0 aromatic carbocycles. The van der Waals surface area contributed by atoms with Gasteiger partial charge in [-0.25, -0.2) is 0 Å². The largest absolute Gasteiger partial charge is 0.358 e. The van der Waals surface area contributed by atoms with Crippen LogP contribution >= 0.6 is 21.0 Å². The van der Waals surface area contributed by atoms with Crippen LogP contribution in [0.3, 0.4) is 0 Å². The molecule has 2 rings (SSSR count). The lowest BCUT2D eigenvalue weighted by atomic mass is 9.90. The van der Waals surface area contributed by atoms with Crippen LogP contribution in [0, 0.1) is 17.3 Å². The van der Waals surface area contributed by atoms with Gasteiger partial charge in [0.15, 0.2) is 0 Å². The van der Waals surface area contributed by atoms with Gasteiger partial charge < -0.3 is 4.67 Å². The summed E-state index contributed by atoms with van der Waals surface area (Å²) in [6.45, 7) is 5.89. The van der Waals surface area contributed by atoms with E-state index in [9.17, 15) is 0 Å². The second kappa shape index (κ2) is 3.14. The standard InChI is InChI=1S/C10H17ClNP/c1-10(2)3-7-6-12(13)9(5-11)8(7)4-10/h5,7-8H,3-4,6,13H2,1-2H3. The lowest BCUT2D eigenvalue weighted by molar-refractivity contribution is 0.342. The van der Waals surface area contributed by atoms with Gasteiger partial charge in [0.2, 0.25) is 0 Å². The van der Waals surface area contributed by atoms with Crippen molar-refractivity contribution in [3.8, 4) is 0 Å². The number of fused-ring (bicyclic) bond motifs is 1. The first-order chi connectivity index (χ1) is 6.03. The van der Waals surface area contributed by atoms with Crippen molar-refractivity contribution in [2.75, 3.05) is 6.54 Å². The van der Waals surface area contributed by atoms with Crippen LogP contribution in [0.25, 0.3) is 0 Å². The number of halogens is 1. The zero-order valence-corrected chi connectivity index (χ0v) is 10.2. The van der Waals surface area contributed by atoms with Gasteiger partial charge in [-0.3, -0.25) is 0 Å². The minimum Gasteiger partial charge on any atom is -0.358 e. The third-order valence-electron chi connectivity index (χ3n) is 3.41. The molecule has 74 valence electrons. The lowest BCUT2D eigenvalue weighted by Crippen LogP contribution is -2.13. The quantitative estimate of drug-likeness (QED) is 0.563. The summed E-state index contributed by atoms with van der Waals surface area (Å²) in [7, 11) is 2.77. The van der Waals surface area contributed by atoms with E-state index in [0.29, 0.717) is 11.3 Å². The highest BCUT2D eigenvalue weighted by Crippen LogP contribution is 2.53. The highest BCUT2D eigenvalue weighted by atomic mass is 35.5. The van der Waals surface area contributed by atoms with E-state index in [0.717, 1.165) is 12.5 Å². The van der Waals surface area contributed by atoms with Crippen molar-refractivity contribution in [3.05, 3.63) is 11.2 Å². The van der Waals surface area contributed by atoms with Crippen molar-refractivity contribution in [1.82, 2.24) is 4.67 Å². The van der Waals surface area contributed by atoms with Gasteiger partial charge in [0.05, 0.1) is 0 Å². The number of allylic oxidation sites excluding steroid dienone is 1. The van der Waals surface area contributed by atoms with Crippen LogP contribution in [0.15, 0.2) is 11.2 Å². The molecule has 13 heavy (non-hydrogen) atoms. The first-order valence-electron chi connectivity index (χ1n) is 4.86. The molecule has 1 nitrogen and oxygen atoms in total. The topological polar surface area (TPSA) is 3.24 Å². The van der Waals surface area contributed by atoms with Gasteiger partial charge >= 0.3 is 0 Å². The van der Waals surface area contributed by atoms with E-state index in [1.54, 1.807) is 5.54 Å². The molecule has 0 bridgehead atoms. The third kappa shape index (κ3) is 1.62. The summed E-state index contributed by atoms with van der Waals surface area (Å²) in [5, 5.41) is 0. The number of rotatable bonds is 0. The molecule has 1 heterocycles. The molecule has 3 unspecified atom stereocenters. The summed E-state index contributed by atoms with van der Waals surface area (Å²) in [5.74, 6) is 1.54. The van der Waals surface area contributed by atoms with Crippen LogP contribution in [-0.4, -0.2) is 11.2 Å². The molecule has 2 fully saturated rings. The molecule has 1 saturated carbocycles. The Morgan fingerprint density at radius 3 is 2.85 bits per heavy atom. The first kappa shape index (κ1) is 9.80. The molecule has 0 aromatic heterocycles. The highest BCUT2D eigenvalue weighted by molar-refractivity contribution is 7.13. The van der Waals surface area contributed by atoms with E-state index in [2.05, 4.69) is 27.9 Å². The Morgan fingerprint density at radius 1 is 1.54 bits per heavy atom. The molecule has 0 radical (unpaired) electrons. The molecule has 0 amide bonds. The first-order valence-corrected chi connectivity index (χ1v) is 5.81. The second-order valence-corrected chi connectivity index (χ2v) is 5.97. The molecule has 0 spiro atoms. The fraction of sp³-hybridized carbons (Fsp3) is 0.800. The molecule has 0 aromatic rings. The normalized spacial score (nSPS) is 40.0. The molecule has 1 saturated heterocycles. The Hall–Kier alpha value is 0.260. The zero-order chi connectivity index (χ0) is 9.64. The van der Waals surface area contributed by atoms with Gasteiger partial charge in [0.25, 0.3) is 0 Å². The Balaban J connectivity index is 2.20. The third-order valence-corrected chi connectivity index (χ3v) is 4.14. The van der Waals surface area contributed by atoms with Gasteiger partial charge in [-0.05, 0) is 33.6 Å². The Bertz CT molecular complexity index is 249. The summed E-state index contributed by atoms with van der Waals surface area (Å²) in [4.78, 5) is 0. The van der Waals surface area contributed by atoms with Crippen LogP contribution in [0.1, 0.15) is 26.7 Å². The van der Waals surface area contributed by atoms with E-state index < -0.39 is 0 Å². The van der Waals surface area contributed by atoms with Crippen molar-refractivity contribution in [2.45, 2.75) is 26.7 Å². The summed E-state index contributed by atoms with van der Waals surface area (Å²) in [6, 6.07) is 0. The smallest absolute Gasteiger partial charge is 0.0311 e. The van der Waals surface area contributed by atoms with Crippen molar-refractivity contribution < 1.29 is 0 Å².